The second-order valence-corrected chi connectivity index (χ2v) is 4.60. The number of hydrogen-bond donors (Lipinski definition) is 3. The molecule has 0 aromatic carbocycles. The van der Waals surface area contributed by atoms with Gasteiger partial charge in [-0.15, -0.1) is 0 Å². The van der Waals surface area contributed by atoms with E-state index in [-0.39, 0.29) is 29.7 Å². The van der Waals surface area contributed by atoms with Crippen LogP contribution < -0.4 is 16.0 Å². The van der Waals surface area contributed by atoms with Crippen molar-refractivity contribution in [3.63, 3.8) is 0 Å². The fraction of sp³-hybridized carbons (Fsp3) is 0.727. The molecule has 1 aliphatic rings. The van der Waals surface area contributed by atoms with Crippen LogP contribution >= 0.6 is 0 Å². The molecule has 6 heteroatoms. The van der Waals surface area contributed by atoms with E-state index in [4.69, 9.17) is 0 Å². The second kappa shape index (κ2) is 5.65. The molecule has 17 heavy (non-hydrogen) atoms. The molecule has 0 radical (unpaired) electrons. The summed E-state index contributed by atoms with van der Waals surface area (Å²) < 4.78 is 0. The van der Waals surface area contributed by atoms with Crippen LogP contribution in [0.15, 0.2) is 0 Å². The Morgan fingerprint density at radius 3 is 2.41 bits per heavy atom. The maximum absolute atomic E-state index is 11.7. The maximum atomic E-state index is 11.7. The van der Waals surface area contributed by atoms with Crippen LogP contribution in [0, 0.1) is 5.92 Å². The van der Waals surface area contributed by atoms with E-state index in [1.165, 1.54) is 0 Å². The fourth-order valence-electron chi connectivity index (χ4n) is 1.48. The van der Waals surface area contributed by atoms with Gasteiger partial charge in [-0.3, -0.25) is 14.4 Å². The molecule has 1 fully saturated rings. The molecule has 3 amide bonds. The Morgan fingerprint density at radius 2 is 1.94 bits per heavy atom. The van der Waals surface area contributed by atoms with Crippen molar-refractivity contribution in [2.24, 2.45) is 5.92 Å². The first-order valence-corrected chi connectivity index (χ1v) is 5.77. The van der Waals surface area contributed by atoms with E-state index in [0.29, 0.717) is 13.0 Å². The Bertz CT molecular complexity index is 328. The van der Waals surface area contributed by atoms with E-state index < -0.39 is 6.04 Å². The monoisotopic (exact) mass is 241 g/mol. The largest absolute Gasteiger partial charge is 0.354 e. The molecule has 0 saturated carbocycles. The highest BCUT2D eigenvalue weighted by Gasteiger charge is 2.25. The summed E-state index contributed by atoms with van der Waals surface area (Å²) in [5, 5.41) is 7.96. The highest BCUT2D eigenvalue weighted by molar-refractivity contribution is 5.89. The van der Waals surface area contributed by atoms with Crippen LogP contribution in [0.4, 0.5) is 0 Å². The number of carbonyl (C=O) groups is 3. The lowest BCUT2D eigenvalue weighted by molar-refractivity contribution is -0.130. The van der Waals surface area contributed by atoms with Gasteiger partial charge in [0.05, 0.1) is 6.04 Å². The van der Waals surface area contributed by atoms with E-state index in [0.717, 1.165) is 0 Å². The molecular formula is C11H19N3O3. The predicted molar refractivity (Wildman–Crippen MR) is 62.0 cm³/mol. The first-order valence-electron chi connectivity index (χ1n) is 5.77. The van der Waals surface area contributed by atoms with Gasteiger partial charge in [0.1, 0.15) is 6.04 Å². The van der Waals surface area contributed by atoms with Crippen LogP contribution in [0.25, 0.3) is 0 Å². The highest BCUT2D eigenvalue weighted by Crippen LogP contribution is 2.00. The SMILES string of the molecule is CC(C)C(=O)N[C@@H](C)C(=O)N[C@@H]1CNC(=O)C1. The van der Waals surface area contributed by atoms with Gasteiger partial charge in [0.15, 0.2) is 0 Å². The summed E-state index contributed by atoms with van der Waals surface area (Å²) in [6, 6.07) is -0.756. The molecule has 0 aromatic rings. The molecule has 0 spiro atoms. The average molecular weight is 241 g/mol. The van der Waals surface area contributed by atoms with E-state index in [1.54, 1.807) is 20.8 Å². The van der Waals surface area contributed by atoms with Crippen molar-refractivity contribution < 1.29 is 14.4 Å². The molecule has 1 aliphatic heterocycles. The summed E-state index contributed by atoms with van der Waals surface area (Å²) >= 11 is 0. The number of nitrogens with one attached hydrogen (secondary N) is 3. The summed E-state index contributed by atoms with van der Waals surface area (Å²) in [6.07, 6.45) is 0.302. The predicted octanol–water partition coefficient (Wildman–Crippen LogP) is -0.848. The summed E-state index contributed by atoms with van der Waals surface area (Å²) in [6.45, 7) is 5.61. The minimum atomic E-state index is -0.583. The lowest BCUT2D eigenvalue weighted by atomic mass is 10.2. The van der Waals surface area contributed by atoms with E-state index in [2.05, 4.69) is 16.0 Å². The quantitative estimate of drug-likeness (QED) is 0.599. The first-order chi connectivity index (χ1) is 7.90. The van der Waals surface area contributed by atoms with Crippen LogP contribution in [0.1, 0.15) is 27.2 Å². The van der Waals surface area contributed by atoms with Crippen LogP contribution in [-0.2, 0) is 14.4 Å². The number of carbonyl (C=O) groups excluding carboxylic acids is 3. The van der Waals surface area contributed by atoms with Crippen LogP contribution in [0.5, 0.6) is 0 Å². The van der Waals surface area contributed by atoms with Crippen LogP contribution in [-0.4, -0.2) is 36.3 Å². The van der Waals surface area contributed by atoms with Crippen molar-refractivity contribution in [1.29, 1.82) is 0 Å². The fourth-order valence-corrected chi connectivity index (χ4v) is 1.48. The Balaban J connectivity index is 2.37. The van der Waals surface area contributed by atoms with Crippen LogP contribution in [0.3, 0.4) is 0 Å². The highest BCUT2D eigenvalue weighted by atomic mass is 16.2. The third-order valence-corrected chi connectivity index (χ3v) is 2.60. The molecular weight excluding hydrogens is 222 g/mol. The summed E-state index contributed by atoms with van der Waals surface area (Å²) in [5.41, 5.74) is 0. The van der Waals surface area contributed by atoms with Crippen molar-refractivity contribution in [2.45, 2.75) is 39.3 Å². The average Bonchev–Trinajstić information content (AvgIpc) is 2.63. The zero-order valence-corrected chi connectivity index (χ0v) is 10.4. The van der Waals surface area contributed by atoms with Crippen molar-refractivity contribution >= 4 is 17.7 Å². The molecule has 0 aromatic heterocycles. The normalized spacial score (nSPS) is 20.9. The molecule has 1 saturated heterocycles. The number of hydrogen-bond acceptors (Lipinski definition) is 3. The summed E-state index contributed by atoms with van der Waals surface area (Å²) in [5.74, 6) is -0.636. The standard InChI is InChI=1S/C11H19N3O3/c1-6(2)10(16)13-7(3)11(17)14-8-4-9(15)12-5-8/h6-8H,4-5H2,1-3H3,(H,12,15)(H,13,16)(H,14,17)/t7-,8-/m0/s1. The van der Waals surface area contributed by atoms with Gasteiger partial charge in [-0.05, 0) is 6.92 Å². The van der Waals surface area contributed by atoms with E-state index >= 15 is 0 Å². The lowest BCUT2D eigenvalue weighted by Gasteiger charge is -2.17. The Hall–Kier alpha value is -1.59. The van der Waals surface area contributed by atoms with Gasteiger partial charge in [0, 0.05) is 18.9 Å². The zero-order chi connectivity index (χ0) is 13.0. The molecule has 1 heterocycles. The topological polar surface area (TPSA) is 87.3 Å². The van der Waals surface area contributed by atoms with Crippen molar-refractivity contribution in [3.05, 3.63) is 0 Å². The summed E-state index contributed by atoms with van der Waals surface area (Å²) in [7, 11) is 0. The van der Waals surface area contributed by atoms with Gasteiger partial charge in [-0.2, -0.15) is 0 Å². The van der Waals surface area contributed by atoms with E-state index in [1.807, 2.05) is 0 Å². The summed E-state index contributed by atoms with van der Waals surface area (Å²) in [4.78, 5) is 34.0. The number of rotatable bonds is 4. The zero-order valence-electron chi connectivity index (χ0n) is 10.4. The molecule has 6 nitrogen and oxygen atoms in total. The molecule has 0 aliphatic carbocycles. The molecule has 0 unspecified atom stereocenters. The molecule has 3 N–H and O–H groups in total. The first kappa shape index (κ1) is 13.5. The van der Waals surface area contributed by atoms with Crippen molar-refractivity contribution in [3.8, 4) is 0 Å². The Kier molecular flexibility index (Phi) is 4.48. The van der Waals surface area contributed by atoms with Gasteiger partial charge in [-0.1, -0.05) is 13.8 Å². The maximum Gasteiger partial charge on any atom is 0.242 e. The van der Waals surface area contributed by atoms with Crippen molar-refractivity contribution in [1.82, 2.24) is 16.0 Å². The Labute approximate surface area is 101 Å². The van der Waals surface area contributed by atoms with Gasteiger partial charge in [0.25, 0.3) is 0 Å². The number of amides is 3. The smallest absolute Gasteiger partial charge is 0.242 e. The third-order valence-electron chi connectivity index (χ3n) is 2.60. The molecule has 0 bridgehead atoms. The van der Waals surface area contributed by atoms with Crippen LogP contribution in [0.2, 0.25) is 0 Å². The molecule has 1 rings (SSSR count). The molecule has 96 valence electrons. The molecule has 2 atom stereocenters. The Morgan fingerprint density at radius 1 is 1.29 bits per heavy atom. The van der Waals surface area contributed by atoms with Gasteiger partial charge in [-0.25, -0.2) is 0 Å². The van der Waals surface area contributed by atoms with Gasteiger partial charge >= 0.3 is 0 Å². The van der Waals surface area contributed by atoms with Gasteiger partial charge < -0.3 is 16.0 Å². The second-order valence-electron chi connectivity index (χ2n) is 4.60. The minimum Gasteiger partial charge on any atom is -0.354 e. The van der Waals surface area contributed by atoms with Gasteiger partial charge in [0.2, 0.25) is 17.7 Å². The third kappa shape index (κ3) is 4.05. The minimum absolute atomic E-state index is 0.0610. The van der Waals surface area contributed by atoms with E-state index in [9.17, 15) is 14.4 Å². The lowest BCUT2D eigenvalue weighted by Crippen LogP contribution is -2.49. The van der Waals surface area contributed by atoms with Crippen molar-refractivity contribution in [2.75, 3.05) is 6.54 Å².